The smallest absolute Gasteiger partial charge is 0.337 e. The number of rotatable bonds is 7. The van der Waals surface area contributed by atoms with Crippen molar-refractivity contribution in [3.63, 3.8) is 0 Å². The van der Waals surface area contributed by atoms with Crippen molar-refractivity contribution >= 4 is 23.8 Å². The molecule has 1 atom stereocenters. The molecule has 0 aromatic carbocycles. The molecule has 0 spiro atoms. The lowest BCUT2D eigenvalue weighted by molar-refractivity contribution is -0.138. The quantitative estimate of drug-likeness (QED) is 0.538. The van der Waals surface area contributed by atoms with Crippen LogP contribution in [0, 0.1) is 0 Å². The van der Waals surface area contributed by atoms with Gasteiger partial charge in [0.2, 0.25) is 0 Å². The lowest BCUT2D eigenvalue weighted by atomic mass is 10.1. The summed E-state index contributed by atoms with van der Waals surface area (Å²) in [4.78, 5) is 28.2. The molecule has 3 rings (SSSR count). The number of ether oxygens (including phenoxy) is 1. The second-order valence-corrected chi connectivity index (χ2v) is 6.95. The highest BCUT2D eigenvalue weighted by molar-refractivity contribution is 7.99. The number of aromatic nitrogens is 4. The molecule has 148 valence electrons. The summed E-state index contributed by atoms with van der Waals surface area (Å²) in [7, 11) is 0. The Labute approximate surface area is 167 Å². The van der Waals surface area contributed by atoms with Crippen molar-refractivity contribution in [1.82, 2.24) is 30.4 Å². The fourth-order valence-electron chi connectivity index (χ4n) is 2.93. The number of pyridine rings is 1. The van der Waals surface area contributed by atoms with Crippen molar-refractivity contribution in [3.8, 4) is 11.4 Å². The zero-order chi connectivity index (χ0) is 20.1. The molecule has 1 aliphatic heterocycles. The first kappa shape index (κ1) is 19.9. The average molecular weight is 402 g/mol. The molecule has 0 saturated carbocycles. The van der Waals surface area contributed by atoms with Crippen molar-refractivity contribution in [1.29, 1.82) is 0 Å². The Kier molecular flexibility index (Phi) is 6.30. The van der Waals surface area contributed by atoms with Crippen molar-refractivity contribution in [2.45, 2.75) is 38.5 Å². The van der Waals surface area contributed by atoms with Gasteiger partial charge in [-0.05, 0) is 32.9 Å². The molecule has 2 aromatic heterocycles. The molecule has 2 aromatic rings. The van der Waals surface area contributed by atoms with Crippen LogP contribution in [-0.4, -0.2) is 50.2 Å². The Balaban J connectivity index is 1.85. The minimum atomic E-state index is -0.437. The van der Waals surface area contributed by atoms with E-state index in [0.29, 0.717) is 28.7 Å². The van der Waals surface area contributed by atoms with E-state index in [1.807, 2.05) is 23.6 Å². The van der Waals surface area contributed by atoms with E-state index in [1.165, 1.54) is 11.8 Å². The first-order valence-electron chi connectivity index (χ1n) is 8.99. The van der Waals surface area contributed by atoms with E-state index < -0.39 is 12.0 Å². The predicted octanol–water partition coefficient (Wildman–Crippen LogP) is 1.97. The Morgan fingerprint density at radius 3 is 2.71 bits per heavy atom. The summed E-state index contributed by atoms with van der Waals surface area (Å²) in [5.41, 5.74) is 1.87. The number of esters is 1. The lowest BCUT2D eigenvalue weighted by Crippen LogP contribution is -2.49. The molecule has 1 unspecified atom stereocenters. The minimum absolute atomic E-state index is 0.267. The molecule has 1 aliphatic rings. The van der Waals surface area contributed by atoms with Gasteiger partial charge in [-0.15, -0.1) is 10.2 Å². The van der Waals surface area contributed by atoms with Gasteiger partial charge in [0.1, 0.15) is 0 Å². The first-order valence-corrected chi connectivity index (χ1v) is 9.97. The van der Waals surface area contributed by atoms with Crippen LogP contribution in [-0.2, 0) is 16.1 Å². The van der Waals surface area contributed by atoms with E-state index in [1.54, 1.807) is 26.2 Å². The van der Waals surface area contributed by atoms with E-state index >= 15 is 0 Å². The van der Waals surface area contributed by atoms with Crippen LogP contribution in [0.1, 0.15) is 20.8 Å². The fraction of sp³-hybridized carbons (Fsp3) is 0.389. The second-order valence-electron chi connectivity index (χ2n) is 6.01. The van der Waals surface area contributed by atoms with Gasteiger partial charge in [-0.3, -0.25) is 4.98 Å². The van der Waals surface area contributed by atoms with Crippen LogP contribution in [0.2, 0.25) is 0 Å². The zero-order valence-electron chi connectivity index (χ0n) is 15.9. The number of hydrogen-bond donors (Lipinski definition) is 2. The van der Waals surface area contributed by atoms with Crippen molar-refractivity contribution in [2.24, 2.45) is 0 Å². The fourth-order valence-corrected chi connectivity index (χ4v) is 3.90. The summed E-state index contributed by atoms with van der Waals surface area (Å²) >= 11 is 1.40. The summed E-state index contributed by atoms with van der Waals surface area (Å²) in [6, 6.07) is 2.98. The van der Waals surface area contributed by atoms with Crippen LogP contribution in [0.25, 0.3) is 11.4 Å². The number of carbonyl (C=O) groups is 2. The van der Waals surface area contributed by atoms with E-state index in [0.717, 1.165) is 11.4 Å². The molecular formula is C18H22N6O3S. The monoisotopic (exact) mass is 402 g/mol. The van der Waals surface area contributed by atoms with Crippen molar-refractivity contribution in [2.75, 3.05) is 12.4 Å². The molecule has 0 aliphatic carbocycles. The Hall–Kier alpha value is -2.88. The van der Waals surface area contributed by atoms with Gasteiger partial charge in [0.25, 0.3) is 0 Å². The molecule has 2 N–H and O–H groups in total. The Morgan fingerprint density at radius 1 is 1.29 bits per heavy atom. The van der Waals surface area contributed by atoms with E-state index in [9.17, 15) is 9.59 Å². The average Bonchev–Trinajstić information content (AvgIpc) is 3.09. The van der Waals surface area contributed by atoms with Crippen molar-refractivity contribution < 1.29 is 14.3 Å². The maximum Gasteiger partial charge on any atom is 0.337 e. The van der Waals surface area contributed by atoms with Crippen LogP contribution >= 0.6 is 11.8 Å². The molecule has 0 bridgehead atoms. The number of urea groups is 1. The zero-order valence-corrected chi connectivity index (χ0v) is 16.7. The minimum Gasteiger partial charge on any atom is -0.463 e. The SMILES string of the molecule is CCOC(=O)C1=C(CSc2nnc(-c3ccncc3)n2CC)NC(=O)NC1C. The van der Waals surface area contributed by atoms with Gasteiger partial charge in [0.05, 0.1) is 18.2 Å². The number of carbonyl (C=O) groups excluding carboxylic acids is 2. The van der Waals surface area contributed by atoms with Gasteiger partial charge in [0.15, 0.2) is 11.0 Å². The molecular weight excluding hydrogens is 380 g/mol. The van der Waals surface area contributed by atoms with Gasteiger partial charge < -0.3 is 19.9 Å². The van der Waals surface area contributed by atoms with Crippen LogP contribution in [0.15, 0.2) is 41.0 Å². The summed E-state index contributed by atoms with van der Waals surface area (Å²) in [6.45, 7) is 6.46. The van der Waals surface area contributed by atoms with Gasteiger partial charge in [-0.25, -0.2) is 9.59 Å². The van der Waals surface area contributed by atoms with E-state index in [4.69, 9.17) is 4.74 Å². The standard InChI is InChI=1S/C18H22N6O3S/c1-4-24-15(12-6-8-19-9-7-12)22-23-18(24)28-10-13-14(16(25)27-5-2)11(3)20-17(26)21-13/h6-9,11H,4-5,10H2,1-3H3,(H2,20,21,26). The van der Waals surface area contributed by atoms with Crippen LogP contribution in [0.4, 0.5) is 4.79 Å². The van der Waals surface area contributed by atoms with Gasteiger partial charge >= 0.3 is 12.0 Å². The highest BCUT2D eigenvalue weighted by atomic mass is 32.2. The van der Waals surface area contributed by atoms with Gasteiger partial charge in [-0.1, -0.05) is 11.8 Å². The van der Waals surface area contributed by atoms with Crippen LogP contribution in [0.5, 0.6) is 0 Å². The molecule has 0 radical (unpaired) electrons. The number of amides is 2. The van der Waals surface area contributed by atoms with Crippen LogP contribution < -0.4 is 10.6 Å². The maximum absolute atomic E-state index is 12.3. The van der Waals surface area contributed by atoms with Gasteiger partial charge in [-0.2, -0.15) is 0 Å². The molecule has 9 nitrogen and oxygen atoms in total. The third kappa shape index (κ3) is 4.16. The first-order chi connectivity index (χ1) is 13.5. The third-order valence-corrected chi connectivity index (χ3v) is 5.18. The molecule has 10 heteroatoms. The summed E-state index contributed by atoms with van der Waals surface area (Å²) in [5.74, 6) is 0.669. The maximum atomic E-state index is 12.3. The van der Waals surface area contributed by atoms with Crippen LogP contribution in [0.3, 0.4) is 0 Å². The highest BCUT2D eigenvalue weighted by Crippen LogP contribution is 2.26. The Bertz CT molecular complexity index is 896. The number of nitrogens with one attached hydrogen (secondary N) is 2. The topological polar surface area (TPSA) is 111 Å². The predicted molar refractivity (Wildman–Crippen MR) is 104 cm³/mol. The molecule has 2 amide bonds. The van der Waals surface area contributed by atoms with Crippen molar-refractivity contribution in [3.05, 3.63) is 35.8 Å². The molecule has 0 fully saturated rings. The second kappa shape index (κ2) is 8.87. The normalized spacial score (nSPS) is 16.5. The summed E-state index contributed by atoms with van der Waals surface area (Å²) in [5, 5.41) is 14.7. The molecule has 28 heavy (non-hydrogen) atoms. The largest absolute Gasteiger partial charge is 0.463 e. The third-order valence-electron chi connectivity index (χ3n) is 4.18. The number of nitrogens with zero attached hydrogens (tertiary/aromatic N) is 4. The van der Waals surface area contributed by atoms with E-state index in [2.05, 4.69) is 25.8 Å². The summed E-state index contributed by atoms with van der Waals surface area (Å²) < 4.78 is 7.12. The number of thioether (sulfide) groups is 1. The van der Waals surface area contributed by atoms with Gasteiger partial charge in [0, 0.05) is 36.0 Å². The highest BCUT2D eigenvalue weighted by Gasteiger charge is 2.30. The number of hydrogen-bond acceptors (Lipinski definition) is 7. The Morgan fingerprint density at radius 2 is 2.04 bits per heavy atom. The molecule has 0 saturated heterocycles. The summed E-state index contributed by atoms with van der Waals surface area (Å²) in [6.07, 6.45) is 3.42. The molecule has 3 heterocycles. The van der Waals surface area contributed by atoms with E-state index in [-0.39, 0.29) is 12.6 Å². The lowest BCUT2D eigenvalue weighted by Gasteiger charge is -2.26.